The number of ether oxygens (including phenoxy) is 1. The van der Waals surface area contributed by atoms with E-state index in [1.807, 2.05) is 24.3 Å². The highest BCUT2D eigenvalue weighted by Gasteiger charge is 2.27. The Morgan fingerprint density at radius 2 is 2.13 bits per heavy atom. The molecule has 3 amide bonds. The van der Waals surface area contributed by atoms with Gasteiger partial charge in [0.15, 0.2) is 5.96 Å². The number of nitrogens with one attached hydrogen (secondary N) is 3. The number of methoxy groups -OCH3 is 1. The number of hydrogen-bond donors (Lipinski definition) is 3. The van der Waals surface area contributed by atoms with E-state index in [2.05, 4.69) is 20.9 Å². The van der Waals surface area contributed by atoms with Gasteiger partial charge < -0.3 is 20.7 Å². The lowest BCUT2D eigenvalue weighted by Gasteiger charge is -2.16. The number of hydrogen-bond acceptors (Lipinski definition) is 4. The van der Waals surface area contributed by atoms with Crippen molar-refractivity contribution in [1.82, 2.24) is 20.9 Å². The molecule has 0 saturated carbocycles. The molecule has 0 aromatic heterocycles. The van der Waals surface area contributed by atoms with E-state index in [0.29, 0.717) is 25.6 Å². The van der Waals surface area contributed by atoms with Gasteiger partial charge in [0.25, 0.3) is 0 Å². The van der Waals surface area contributed by atoms with Crippen molar-refractivity contribution in [2.45, 2.75) is 6.54 Å². The molecule has 1 aliphatic rings. The highest BCUT2D eigenvalue weighted by atomic mass is 16.5. The zero-order chi connectivity index (χ0) is 16.7. The van der Waals surface area contributed by atoms with Gasteiger partial charge in [0.1, 0.15) is 5.75 Å². The Morgan fingerprint density at radius 1 is 1.35 bits per heavy atom. The standard InChI is InChI=1S/C15H21N5O3/c1-16-14(17-7-8-20-13(21)10-19-15(20)22)18-9-11-5-3-4-6-12(11)23-2/h3-6H,7-10H2,1-2H3,(H,19,22)(H2,16,17,18). The fourth-order valence-corrected chi connectivity index (χ4v) is 2.22. The second kappa shape index (κ2) is 8.02. The van der Waals surface area contributed by atoms with E-state index in [9.17, 15) is 9.59 Å². The molecular formula is C15H21N5O3. The van der Waals surface area contributed by atoms with Crippen LogP contribution in [0.2, 0.25) is 0 Å². The molecule has 2 rings (SSSR count). The highest BCUT2D eigenvalue weighted by molar-refractivity contribution is 6.01. The molecule has 1 saturated heterocycles. The maximum atomic E-state index is 11.5. The second-order valence-corrected chi connectivity index (χ2v) is 4.87. The quantitative estimate of drug-likeness (QED) is 0.387. The number of carbonyl (C=O) groups excluding carboxylic acids is 2. The summed E-state index contributed by atoms with van der Waals surface area (Å²) in [5.41, 5.74) is 1.01. The summed E-state index contributed by atoms with van der Waals surface area (Å²) < 4.78 is 5.29. The summed E-state index contributed by atoms with van der Waals surface area (Å²) in [4.78, 5) is 28.2. The first-order chi connectivity index (χ1) is 11.2. The maximum Gasteiger partial charge on any atom is 0.324 e. The molecule has 1 heterocycles. The minimum Gasteiger partial charge on any atom is -0.496 e. The number of aliphatic imine (C=N–C) groups is 1. The van der Waals surface area contributed by atoms with Crippen molar-refractivity contribution >= 4 is 17.9 Å². The molecule has 1 aromatic rings. The normalized spacial score (nSPS) is 14.7. The smallest absolute Gasteiger partial charge is 0.324 e. The molecule has 0 unspecified atom stereocenters. The first kappa shape index (κ1) is 16.6. The third-order valence-electron chi connectivity index (χ3n) is 3.43. The van der Waals surface area contributed by atoms with E-state index < -0.39 is 0 Å². The number of imide groups is 1. The molecule has 1 fully saturated rings. The lowest BCUT2D eigenvalue weighted by molar-refractivity contribution is -0.124. The van der Waals surface area contributed by atoms with Gasteiger partial charge in [-0.05, 0) is 6.07 Å². The van der Waals surface area contributed by atoms with Crippen LogP contribution in [0.15, 0.2) is 29.3 Å². The fourth-order valence-electron chi connectivity index (χ4n) is 2.22. The van der Waals surface area contributed by atoms with Gasteiger partial charge in [-0.15, -0.1) is 0 Å². The van der Waals surface area contributed by atoms with Crippen LogP contribution in [-0.2, 0) is 11.3 Å². The second-order valence-electron chi connectivity index (χ2n) is 4.87. The Labute approximate surface area is 134 Å². The van der Waals surface area contributed by atoms with Gasteiger partial charge in [0.05, 0.1) is 13.7 Å². The van der Waals surface area contributed by atoms with Crippen LogP contribution < -0.4 is 20.7 Å². The molecule has 0 aliphatic carbocycles. The number of urea groups is 1. The summed E-state index contributed by atoms with van der Waals surface area (Å²) in [6, 6.07) is 7.35. The van der Waals surface area contributed by atoms with Crippen LogP contribution in [0, 0.1) is 0 Å². The topological polar surface area (TPSA) is 95.1 Å². The van der Waals surface area contributed by atoms with Crippen molar-refractivity contribution in [3.8, 4) is 5.75 Å². The Balaban J connectivity index is 1.80. The summed E-state index contributed by atoms with van der Waals surface area (Å²) in [5, 5.41) is 8.71. The molecule has 124 valence electrons. The summed E-state index contributed by atoms with van der Waals surface area (Å²) in [6.45, 7) is 1.33. The first-order valence-corrected chi connectivity index (χ1v) is 7.30. The Hall–Kier alpha value is -2.77. The lowest BCUT2D eigenvalue weighted by Crippen LogP contribution is -2.43. The Kier molecular flexibility index (Phi) is 5.79. The zero-order valence-electron chi connectivity index (χ0n) is 13.3. The summed E-state index contributed by atoms with van der Waals surface area (Å²) in [6.07, 6.45) is 0. The van der Waals surface area contributed by atoms with E-state index in [4.69, 9.17) is 4.74 Å². The highest BCUT2D eigenvalue weighted by Crippen LogP contribution is 2.16. The average Bonchev–Trinajstić information content (AvgIpc) is 2.89. The van der Waals surface area contributed by atoms with Crippen molar-refractivity contribution in [3.05, 3.63) is 29.8 Å². The molecule has 0 radical (unpaired) electrons. The van der Waals surface area contributed by atoms with Crippen LogP contribution in [0.5, 0.6) is 5.75 Å². The van der Waals surface area contributed by atoms with Crippen LogP contribution in [0.3, 0.4) is 0 Å². The molecule has 23 heavy (non-hydrogen) atoms. The molecule has 8 nitrogen and oxygen atoms in total. The monoisotopic (exact) mass is 319 g/mol. The summed E-state index contributed by atoms with van der Waals surface area (Å²) in [5.74, 6) is 1.17. The van der Waals surface area contributed by atoms with E-state index in [1.165, 1.54) is 4.90 Å². The van der Waals surface area contributed by atoms with Crippen molar-refractivity contribution in [2.24, 2.45) is 4.99 Å². The van der Waals surface area contributed by atoms with Gasteiger partial charge >= 0.3 is 6.03 Å². The molecule has 0 atom stereocenters. The molecule has 0 bridgehead atoms. The molecule has 3 N–H and O–H groups in total. The molecule has 8 heteroatoms. The van der Waals surface area contributed by atoms with Crippen molar-refractivity contribution in [3.63, 3.8) is 0 Å². The van der Waals surface area contributed by atoms with Gasteiger partial charge in [0, 0.05) is 32.2 Å². The van der Waals surface area contributed by atoms with Crippen LogP contribution in [-0.4, -0.2) is 56.6 Å². The average molecular weight is 319 g/mol. The van der Waals surface area contributed by atoms with Gasteiger partial charge in [-0.25, -0.2) is 4.79 Å². The largest absolute Gasteiger partial charge is 0.496 e. The molecule has 1 aliphatic heterocycles. The van der Waals surface area contributed by atoms with E-state index in [0.717, 1.165) is 11.3 Å². The molecule has 0 spiro atoms. The summed E-state index contributed by atoms with van der Waals surface area (Å²) in [7, 11) is 3.29. The van der Waals surface area contributed by atoms with Gasteiger partial charge in [-0.1, -0.05) is 18.2 Å². The SMILES string of the molecule is CN=C(NCCN1C(=O)CNC1=O)NCc1ccccc1OC. The number of amides is 3. The third-order valence-corrected chi connectivity index (χ3v) is 3.43. The molecule has 1 aromatic carbocycles. The number of nitrogens with zero attached hydrogens (tertiary/aromatic N) is 2. The van der Waals surface area contributed by atoms with Crippen LogP contribution in [0.25, 0.3) is 0 Å². The van der Waals surface area contributed by atoms with E-state index in [1.54, 1.807) is 14.2 Å². The van der Waals surface area contributed by atoms with Crippen LogP contribution in [0.4, 0.5) is 4.79 Å². The minimum atomic E-state index is -0.353. The molecular weight excluding hydrogens is 298 g/mol. The van der Waals surface area contributed by atoms with Gasteiger partial charge in [-0.2, -0.15) is 0 Å². The van der Waals surface area contributed by atoms with E-state index in [-0.39, 0.29) is 18.5 Å². The van der Waals surface area contributed by atoms with E-state index >= 15 is 0 Å². The first-order valence-electron chi connectivity index (χ1n) is 7.30. The Morgan fingerprint density at radius 3 is 2.78 bits per heavy atom. The zero-order valence-corrected chi connectivity index (χ0v) is 13.3. The maximum absolute atomic E-state index is 11.5. The minimum absolute atomic E-state index is 0.0691. The van der Waals surface area contributed by atoms with Crippen LogP contribution >= 0.6 is 0 Å². The number of para-hydroxylation sites is 1. The van der Waals surface area contributed by atoms with Crippen LogP contribution in [0.1, 0.15) is 5.56 Å². The number of benzene rings is 1. The van der Waals surface area contributed by atoms with Gasteiger partial charge in [0.2, 0.25) is 5.91 Å². The fraction of sp³-hybridized carbons (Fsp3) is 0.400. The van der Waals surface area contributed by atoms with Crippen molar-refractivity contribution in [1.29, 1.82) is 0 Å². The lowest BCUT2D eigenvalue weighted by atomic mass is 10.2. The number of carbonyl (C=O) groups is 2. The van der Waals surface area contributed by atoms with Crippen molar-refractivity contribution < 1.29 is 14.3 Å². The third kappa shape index (κ3) is 4.35. The van der Waals surface area contributed by atoms with Crippen molar-refractivity contribution in [2.75, 3.05) is 33.8 Å². The Bertz CT molecular complexity index is 587. The number of guanidine groups is 1. The predicted octanol–water partition coefficient (Wildman–Crippen LogP) is -0.0880. The number of rotatable bonds is 6. The summed E-state index contributed by atoms with van der Waals surface area (Å²) >= 11 is 0. The predicted molar refractivity (Wildman–Crippen MR) is 86.3 cm³/mol. The van der Waals surface area contributed by atoms with Gasteiger partial charge in [-0.3, -0.25) is 14.7 Å².